The van der Waals surface area contributed by atoms with Crippen LogP contribution in [0.2, 0.25) is 0 Å². The SMILES string of the molecule is COc1cc(OC)c(F)c(N2Cc3cnc(Nc4ccccc4)nc3N(C(C)c3cccc(CC(=O)/C=C/C[N+](C)(C)C/C(C)=C(/N)[N+](=O)[O-])c3)C2=O)c1F. The minimum Gasteiger partial charge on any atom is -0.493 e. The van der Waals surface area contributed by atoms with E-state index in [-0.39, 0.29) is 47.8 Å². The van der Waals surface area contributed by atoms with Crippen molar-refractivity contribution in [2.24, 2.45) is 5.73 Å². The molecular weight excluding hydrogens is 714 g/mol. The summed E-state index contributed by atoms with van der Waals surface area (Å²) in [7, 11) is 6.19. The van der Waals surface area contributed by atoms with Crippen LogP contribution in [0.1, 0.15) is 36.6 Å². The lowest BCUT2D eigenvalue weighted by Crippen LogP contribution is -2.49. The van der Waals surface area contributed by atoms with E-state index < -0.39 is 34.3 Å². The number of urea groups is 1. The number of likely N-dealkylation sites (N-methyl/N-ethyl adjacent to an activating group) is 1. The molecule has 2 heterocycles. The van der Waals surface area contributed by atoms with E-state index in [0.29, 0.717) is 45.5 Å². The summed E-state index contributed by atoms with van der Waals surface area (Å²) in [6.07, 6.45) is 4.73. The zero-order valence-electron chi connectivity index (χ0n) is 31.4. The fourth-order valence-corrected chi connectivity index (χ4v) is 6.31. The molecule has 14 nitrogen and oxygen atoms in total. The second-order valence-corrected chi connectivity index (χ2v) is 13.7. The van der Waals surface area contributed by atoms with Gasteiger partial charge in [-0.2, -0.15) is 4.98 Å². The molecule has 16 heteroatoms. The second-order valence-electron chi connectivity index (χ2n) is 13.7. The fourth-order valence-electron chi connectivity index (χ4n) is 6.31. The van der Waals surface area contributed by atoms with E-state index in [4.69, 9.17) is 20.2 Å². The number of benzene rings is 3. The number of quaternary nitrogens is 1. The van der Waals surface area contributed by atoms with Crippen molar-refractivity contribution in [3.63, 3.8) is 0 Å². The molecule has 4 aromatic rings. The van der Waals surface area contributed by atoms with E-state index in [1.165, 1.54) is 31.4 Å². The lowest BCUT2D eigenvalue weighted by molar-refractivity contribution is -0.879. The molecule has 0 aliphatic carbocycles. The summed E-state index contributed by atoms with van der Waals surface area (Å²) in [5.74, 6) is -2.95. The molecule has 1 atom stereocenters. The number of anilines is 4. The summed E-state index contributed by atoms with van der Waals surface area (Å²) in [6, 6.07) is 15.9. The van der Waals surface area contributed by atoms with Gasteiger partial charge < -0.3 is 29.4 Å². The number of fused-ring (bicyclic) bond motifs is 1. The summed E-state index contributed by atoms with van der Waals surface area (Å²) in [5, 5.41) is 14.2. The van der Waals surface area contributed by atoms with Gasteiger partial charge in [0.1, 0.15) is 18.1 Å². The van der Waals surface area contributed by atoms with Gasteiger partial charge in [-0.15, -0.1) is 0 Å². The highest BCUT2D eigenvalue weighted by molar-refractivity contribution is 6.06. The van der Waals surface area contributed by atoms with Crippen LogP contribution in [0.5, 0.6) is 11.5 Å². The number of amides is 2. The largest absolute Gasteiger partial charge is 0.493 e. The molecule has 0 fully saturated rings. The highest BCUT2D eigenvalue weighted by Crippen LogP contribution is 2.42. The Morgan fingerprint density at radius 3 is 2.40 bits per heavy atom. The van der Waals surface area contributed by atoms with Crippen molar-refractivity contribution in [1.29, 1.82) is 0 Å². The highest BCUT2D eigenvalue weighted by atomic mass is 19.1. The van der Waals surface area contributed by atoms with E-state index in [2.05, 4.69) is 10.3 Å². The average Bonchev–Trinajstić information content (AvgIpc) is 3.15. The summed E-state index contributed by atoms with van der Waals surface area (Å²) >= 11 is 0. The van der Waals surface area contributed by atoms with E-state index in [0.717, 1.165) is 11.0 Å². The minimum atomic E-state index is -1.09. The smallest absolute Gasteiger partial charge is 0.331 e. The lowest BCUT2D eigenvalue weighted by atomic mass is 10.00. The molecule has 1 aromatic heterocycles. The van der Waals surface area contributed by atoms with Gasteiger partial charge in [0.15, 0.2) is 28.9 Å². The molecule has 1 unspecified atom stereocenters. The lowest BCUT2D eigenvalue weighted by Gasteiger charge is -2.39. The quantitative estimate of drug-likeness (QED) is 0.0597. The van der Waals surface area contributed by atoms with E-state index in [1.807, 2.05) is 44.4 Å². The molecule has 0 spiro atoms. The number of ether oxygens (including phenoxy) is 2. The number of allylic oxidation sites excluding steroid dienone is 1. The summed E-state index contributed by atoms with van der Waals surface area (Å²) in [4.78, 5) is 49.4. The number of nitrogens with two attached hydrogens (primary N) is 1. The predicted octanol–water partition coefficient (Wildman–Crippen LogP) is 6.43. The standard InChI is InChI=1S/C39H43F2N8O6/c1-24(36(42)48(52)53)23-49(3,4)17-11-16-30(50)19-26-12-10-13-27(18-26)25(2)47-37-28(21-43-38(45-37)44-29-14-8-7-9-15-29)22-46(39(47)51)35-33(40)31(54-5)20-32(55-6)34(35)41/h7-16,18,20-21,25H,17,19,22-23,42H2,1-6H3,(H,43,44,45)/q+1/b16-11+,36-24-. The number of carbonyl (C=O) groups excluding carboxylic acids is 2. The van der Waals surface area contributed by atoms with E-state index >= 15 is 8.78 Å². The minimum absolute atomic E-state index is 0.0433. The molecule has 0 saturated carbocycles. The van der Waals surface area contributed by atoms with Crippen molar-refractivity contribution in [3.8, 4) is 11.5 Å². The normalized spacial score (nSPS) is 14.0. The topological polar surface area (TPSA) is 166 Å². The highest BCUT2D eigenvalue weighted by Gasteiger charge is 2.40. The van der Waals surface area contributed by atoms with Gasteiger partial charge in [0.2, 0.25) is 5.95 Å². The number of para-hydroxylation sites is 1. The first kappa shape index (κ1) is 39.8. The first-order chi connectivity index (χ1) is 26.1. The molecule has 3 N–H and O–H groups in total. The maximum atomic E-state index is 15.8. The van der Waals surface area contributed by atoms with Gasteiger partial charge in [-0.1, -0.05) is 42.5 Å². The molecule has 288 valence electrons. The summed E-state index contributed by atoms with van der Waals surface area (Å²) < 4.78 is 42.3. The number of hydrogen-bond donors (Lipinski definition) is 2. The molecule has 3 aromatic carbocycles. The number of halogens is 2. The third-order valence-electron chi connectivity index (χ3n) is 9.09. The van der Waals surface area contributed by atoms with Gasteiger partial charge in [0, 0.05) is 29.9 Å². The zero-order valence-corrected chi connectivity index (χ0v) is 31.4. The molecule has 0 radical (unpaired) electrons. The Balaban J connectivity index is 1.45. The number of ketones is 1. The number of methoxy groups -OCH3 is 2. The Kier molecular flexibility index (Phi) is 12.1. The first-order valence-corrected chi connectivity index (χ1v) is 17.2. The number of nitrogens with zero attached hydrogens (tertiary/aromatic N) is 6. The number of aromatic nitrogens is 2. The Hall–Kier alpha value is -6.42. The van der Waals surface area contributed by atoms with E-state index in [1.54, 1.807) is 44.2 Å². The summed E-state index contributed by atoms with van der Waals surface area (Å²) in [5.41, 5.74) is 7.76. The van der Waals surface area contributed by atoms with Crippen molar-refractivity contribution in [3.05, 3.63) is 129 Å². The van der Waals surface area contributed by atoms with Gasteiger partial charge in [0.05, 0.1) is 53.0 Å². The fraction of sp³-hybridized carbons (Fsp3) is 0.282. The monoisotopic (exact) mass is 757 g/mol. The molecule has 1 aliphatic heterocycles. The van der Waals surface area contributed by atoms with Crippen molar-refractivity contribution >= 4 is 35.0 Å². The Labute approximate surface area is 317 Å². The van der Waals surface area contributed by atoms with Crippen LogP contribution in [0.3, 0.4) is 0 Å². The number of nitro groups is 1. The number of hydrogen-bond acceptors (Lipinski definition) is 10. The third-order valence-corrected chi connectivity index (χ3v) is 9.09. The van der Waals surface area contributed by atoms with Crippen LogP contribution in [0.4, 0.5) is 36.7 Å². The van der Waals surface area contributed by atoms with Crippen LogP contribution in [0, 0.1) is 21.7 Å². The Morgan fingerprint density at radius 1 is 1.09 bits per heavy atom. The molecular formula is C39H43F2N8O6+. The maximum absolute atomic E-state index is 15.8. The van der Waals surface area contributed by atoms with Gasteiger partial charge in [-0.3, -0.25) is 20.3 Å². The van der Waals surface area contributed by atoms with Gasteiger partial charge in [0.25, 0.3) is 0 Å². The van der Waals surface area contributed by atoms with Crippen LogP contribution in [0.15, 0.2) is 90.4 Å². The number of carbonyl (C=O) groups is 2. The molecule has 5 rings (SSSR count). The number of rotatable bonds is 15. The average molecular weight is 758 g/mol. The van der Waals surface area contributed by atoms with Crippen LogP contribution in [0.25, 0.3) is 0 Å². The van der Waals surface area contributed by atoms with Gasteiger partial charge in [-0.05, 0) is 54.2 Å². The molecule has 2 amide bonds. The molecule has 0 bridgehead atoms. The van der Waals surface area contributed by atoms with Crippen LogP contribution < -0.4 is 30.3 Å². The van der Waals surface area contributed by atoms with Crippen molar-refractivity contribution in [1.82, 2.24) is 9.97 Å². The van der Waals surface area contributed by atoms with Gasteiger partial charge >= 0.3 is 11.9 Å². The molecule has 0 saturated heterocycles. The zero-order chi connectivity index (χ0) is 40.0. The van der Waals surface area contributed by atoms with Crippen molar-refractivity contribution in [2.75, 3.05) is 56.5 Å². The van der Waals surface area contributed by atoms with Crippen molar-refractivity contribution in [2.45, 2.75) is 32.9 Å². The molecule has 1 aliphatic rings. The maximum Gasteiger partial charge on any atom is 0.331 e. The Bertz CT molecular complexity index is 2130. The Morgan fingerprint density at radius 2 is 1.76 bits per heavy atom. The van der Waals surface area contributed by atoms with Crippen LogP contribution in [-0.2, 0) is 17.8 Å². The van der Waals surface area contributed by atoms with Crippen LogP contribution >= 0.6 is 0 Å². The molecule has 55 heavy (non-hydrogen) atoms. The predicted molar refractivity (Wildman–Crippen MR) is 204 cm³/mol. The van der Waals surface area contributed by atoms with E-state index in [9.17, 15) is 19.7 Å². The van der Waals surface area contributed by atoms with Crippen molar-refractivity contribution < 1.29 is 37.2 Å². The third kappa shape index (κ3) is 9.04. The first-order valence-electron chi connectivity index (χ1n) is 17.2. The van der Waals surface area contributed by atoms with Crippen LogP contribution in [-0.4, -0.2) is 72.6 Å². The van der Waals surface area contributed by atoms with Gasteiger partial charge in [-0.25, -0.2) is 18.6 Å². The second kappa shape index (κ2) is 16.7. The number of nitrogens with one attached hydrogen (secondary N) is 1. The summed E-state index contributed by atoms with van der Waals surface area (Å²) in [6.45, 7) is 3.83.